The van der Waals surface area contributed by atoms with Gasteiger partial charge in [0.25, 0.3) is 0 Å². The molecule has 6 heteroatoms. The molecule has 1 unspecified atom stereocenters. The van der Waals surface area contributed by atoms with Crippen LogP contribution in [-0.2, 0) is 26.0 Å². The van der Waals surface area contributed by atoms with E-state index in [0.717, 1.165) is 54.5 Å². The average Bonchev–Trinajstić information content (AvgIpc) is 3.48. The number of fused-ring (bicyclic) bond motifs is 6. The van der Waals surface area contributed by atoms with Crippen molar-refractivity contribution >= 4 is 10.9 Å². The molecule has 0 spiro atoms. The molecule has 6 rings (SSSR count). The van der Waals surface area contributed by atoms with Gasteiger partial charge >= 0.3 is 0 Å². The molecule has 0 radical (unpaired) electrons. The van der Waals surface area contributed by atoms with Crippen molar-refractivity contribution in [3.63, 3.8) is 0 Å². The molecule has 48 heavy (non-hydrogen) atoms. The van der Waals surface area contributed by atoms with Crippen LogP contribution in [0.15, 0.2) is 54.6 Å². The van der Waals surface area contributed by atoms with Gasteiger partial charge in [0.2, 0.25) is 0 Å². The van der Waals surface area contributed by atoms with Crippen LogP contribution in [0.25, 0.3) is 10.9 Å². The normalized spacial score (nSPS) is 13.3. The smallest absolute Gasteiger partial charge is 0.162 e. The van der Waals surface area contributed by atoms with Crippen LogP contribution in [0.3, 0.4) is 0 Å². The Morgan fingerprint density at radius 3 is 2.25 bits per heavy atom. The van der Waals surface area contributed by atoms with E-state index in [0.29, 0.717) is 12.6 Å². The molecule has 0 bridgehead atoms. The van der Waals surface area contributed by atoms with Gasteiger partial charge in [-0.1, -0.05) is 18.1 Å². The number of aromatic amines is 1. The van der Waals surface area contributed by atoms with Crippen molar-refractivity contribution in [2.24, 2.45) is 0 Å². The molecular weight excluding hydrogens is 596 g/mol. The summed E-state index contributed by atoms with van der Waals surface area (Å²) in [6.45, 7) is 4.11. The topological polar surface area (TPSA) is 56.0 Å². The average molecular weight is 631 g/mol. The summed E-state index contributed by atoms with van der Waals surface area (Å²) in [6, 6.07) is 18.9. The Bertz CT molecular complexity index is 2180. The Kier molecular flexibility index (Phi) is 11.3. The summed E-state index contributed by atoms with van der Waals surface area (Å²) >= 11 is 0. The molecule has 3 heterocycles. The van der Waals surface area contributed by atoms with Gasteiger partial charge in [0.05, 0.1) is 21.3 Å². The summed E-state index contributed by atoms with van der Waals surface area (Å²) in [7, 11) is 5.11. The fourth-order valence-corrected chi connectivity index (χ4v) is 5.88. The molecule has 4 aromatic rings. The van der Waals surface area contributed by atoms with Crippen molar-refractivity contribution in [1.82, 2.24) is 9.88 Å². The second-order valence-electron chi connectivity index (χ2n) is 10.8. The van der Waals surface area contributed by atoms with E-state index < -0.39 is 0 Å². The van der Waals surface area contributed by atoms with Gasteiger partial charge in [0, 0.05) is 35.7 Å². The zero-order valence-electron chi connectivity index (χ0n) is 27.5. The number of hydrogen-bond donors (Lipinski definition) is 1. The second-order valence-corrected chi connectivity index (χ2v) is 10.8. The highest BCUT2D eigenvalue weighted by Gasteiger charge is 2.34. The molecule has 3 aromatic carbocycles. The highest BCUT2D eigenvalue weighted by molar-refractivity contribution is 5.86. The van der Waals surface area contributed by atoms with Crippen LogP contribution < -0.4 is 18.9 Å². The molecule has 1 aromatic heterocycles. The summed E-state index contributed by atoms with van der Waals surface area (Å²) in [4.78, 5) is 6.23. The summed E-state index contributed by atoms with van der Waals surface area (Å²) in [6.07, 6.45) is 6.82. The van der Waals surface area contributed by atoms with Crippen molar-refractivity contribution in [2.45, 2.75) is 39.0 Å². The molecule has 0 amide bonds. The van der Waals surface area contributed by atoms with Gasteiger partial charge in [-0.15, -0.1) is 6.42 Å². The molecular formula is C42H34N2O4. The first-order valence-electron chi connectivity index (χ1n) is 15.3. The number of aromatic nitrogens is 1. The number of nitrogens with one attached hydrogen (secondary N) is 1. The summed E-state index contributed by atoms with van der Waals surface area (Å²) in [5, 5.41) is 1.26. The predicted molar refractivity (Wildman–Crippen MR) is 189 cm³/mol. The fourth-order valence-electron chi connectivity index (χ4n) is 5.88. The van der Waals surface area contributed by atoms with Gasteiger partial charge in [0.1, 0.15) is 18.1 Å². The Hall–Kier alpha value is -6.28. The van der Waals surface area contributed by atoms with Gasteiger partial charge < -0.3 is 23.9 Å². The molecule has 236 valence electrons. The minimum atomic E-state index is 0.307. The number of terminal acetylenes is 1. The van der Waals surface area contributed by atoms with E-state index in [4.69, 9.17) is 25.4 Å². The lowest BCUT2D eigenvalue weighted by molar-refractivity contribution is 0.158. The summed E-state index contributed by atoms with van der Waals surface area (Å²) in [5.41, 5.74) is 7.62. The van der Waals surface area contributed by atoms with E-state index in [1.54, 1.807) is 28.3 Å². The van der Waals surface area contributed by atoms with Gasteiger partial charge in [-0.2, -0.15) is 0 Å². The van der Waals surface area contributed by atoms with Crippen LogP contribution in [-0.4, -0.2) is 37.8 Å². The molecule has 0 aliphatic carbocycles. The van der Waals surface area contributed by atoms with Crippen LogP contribution in [0.5, 0.6) is 23.0 Å². The first-order valence-corrected chi connectivity index (χ1v) is 15.3. The zero-order chi connectivity index (χ0) is 33.7. The van der Waals surface area contributed by atoms with Gasteiger partial charge in [0.15, 0.2) is 11.5 Å². The van der Waals surface area contributed by atoms with Crippen LogP contribution in [0.4, 0.5) is 0 Å². The maximum atomic E-state index is 6.29. The molecule has 1 atom stereocenters. The number of nitrogens with zero attached hydrogens (tertiary/aromatic N) is 1. The van der Waals surface area contributed by atoms with E-state index in [-0.39, 0.29) is 0 Å². The van der Waals surface area contributed by atoms with Crippen LogP contribution >= 0.6 is 0 Å². The zero-order valence-corrected chi connectivity index (χ0v) is 27.5. The van der Waals surface area contributed by atoms with Gasteiger partial charge in [-0.3, -0.25) is 4.90 Å². The van der Waals surface area contributed by atoms with Crippen molar-refractivity contribution in [3.05, 3.63) is 82.5 Å². The van der Waals surface area contributed by atoms with Crippen molar-refractivity contribution in [3.8, 4) is 94.5 Å². The molecule has 0 saturated heterocycles. The third-order valence-electron chi connectivity index (χ3n) is 8.08. The van der Waals surface area contributed by atoms with Crippen LogP contribution in [0.1, 0.15) is 40.9 Å². The number of benzene rings is 3. The number of ether oxygens (including phenoxy) is 4. The van der Waals surface area contributed by atoms with E-state index in [2.05, 4.69) is 99.3 Å². The lowest BCUT2D eigenvalue weighted by atomic mass is 9.85. The number of H-pyrrole nitrogens is 1. The molecule has 0 saturated carbocycles. The third-order valence-corrected chi connectivity index (χ3v) is 8.08. The standard InChI is InChI=1S/C29H30N2O4.C13H4/c1-32-20-6-4-5-18(11-20)17-35-29-15-22-19(12-28(29)34-3)9-10-31-16-26-24(14-27(22)31)23-13-21(33-2)7-8-25(23)30-26;1-3-5-7-9-11-13-12-10-8-6-4-2/h4-8,11-13,15,27,30H,9-10,14,16-17H2,1-3H3;1H,2H3. The quantitative estimate of drug-likeness (QED) is 0.262. The maximum absolute atomic E-state index is 6.29. The fraction of sp³-hybridized carbons (Fsp3) is 0.238. The highest BCUT2D eigenvalue weighted by Crippen LogP contribution is 2.44. The maximum Gasteiger partial charge on any atom is 0.162 e. The highest BCUT2D eigenvalue weighted by atomic mass is 16.5. The number of rotatable bonds is 6. The first kappa shape index (κ1) is 33.1. The monoisotopic (exact) mass is 630 g/mol. The number of methoxy groups -OCH3 is 3. The molecule has 1 N–H and O–H groups in total. The Morgan fingerprint density at radius 1 is 0.812 bits per heavy atom. The third kappa shape index (κ3) is 7.92. The van der Waals surface area contributed by atoms with Crippen molar-refractivity contribution in [1.29, 1.82) is 0 Å². The summed E-state index contributed by atoms with van der Waals surface area (Å²) in [5.74, 6) is 30.2. The van der Waals surface area contributed by atoms with Gasteiger partial charge in [-0.25, -0.2) is 0 Å². The largest absolute Gasteiger partial charge is 0.497 e. The van der Waals surface area contributed by atoms with E-state index in [1.165, 1.54) is 33.3 Å². The van der Waals surface area contributed by atoms with E-state index >= 15 is 0 Å². The molecule has 2 aliphatic heterocycles. The second kappa shape index (κ2) is 16.3. The van der Waals surface area contributed by atoms with E-state index in [1.807, 2.05) is 30.3 Å². The van der Waals surface area contributed by atoms with Crippen LogP contribution in [0, 0.1) is 71.5 Å². The SMILES string of the molecule is C#CC#CC#CC#CC#CC#CC.COc1cccc(COc2cc3c(cc2OC)CCN2Cc4[nH]c5ccc(OC)cc5c4CC32)c1. The Balaban J connectivity index is 0.000000296. The Morgan fingerprint density at radius 2 is 1.54 bits per heavy atom. The summed E-state index contributed by atoms with van der Waals surface area (Å²) < 4.78 is 22.9. The van der Waals surface area contributed by atoms with Gasteiger partial charge in [-0.05, 0) is 144 Å². The van der Waals surface area contributed by atoms with Crippen LogP contribution in [0.2, 0.25) is 0 Å². The lowest BCUT2D eigenvalue weighted by Crippen LogP contribution is -2.39. The molecule has 2 aliphatic rings. The minimum Gasteiger partial charge on any atom is -0.497 e. The molecule has 0 fully saturated rings. The first-order chi connectivity index (χ1) is 23.6. The number of hydrogen-bond acceptors (Lipinski definition) is 5. The predicted octanol–water partition coefficient (Wildman–Crippen LogP) is 6.08. The molecule has 6 nitrogen and oxygen atoms in total. The minimum absolute atomic E-state index is 0.307. The Labute approximate surface area is 283 Å². The van der Waals surface area contributed by atoms with E-state index in [9.17, 15) is 0 Å². The van der Waals surface area contributed by atoms with Crippen molar-refractivity contribution in [2.75, 3.05) is 27.9 Å². The van der Waals surface area contributed by atoms with Crippen molar-refractivity contribution < 1.29 is 18.9 Å². The lowest BCUT2D eigenvalue weighted by Gasteiger charge is -2.40.